The molecular formula is C15H20N4O. The van der Waals surface area contributed by atoms with Crippen molar-refractivity contribution in [2.24, 2.45) is 7.05 Å². The van der Waals surface area contributed by atoms with Gasteiger partial charge in [-0.1, -0.05) is 12.1 Å². The second kappa shape index (κ2) is 6.23. The number of rotatable bonds is 5. The number of hydrogen-bond acceptors (Lipinski definition) is 3. The second-order valence-corrected chi connectivity index (χ2v) is 4.97. The highest BCUT2D eigenvalue weighted by molar-refractivity contribution is 5.77. The van der Waals surface area contributed by atoms with Gasteiger partial charge in [0.15, 0.2) is 0 Å². The van der Waals surface area contributed by atoms with Crippen molar-refractivity contribution < 1.29 is 4.79 Å². The third-order valence-electron chi connectivity index (χ3n) is 3.18. The number of carbonyl (C=O) groups excluding carboxylic acids is 1. The SMILES string of the molecule is CN(C)c1ccc(CNC(=O)Cc2nccn2C)cc1. The summed E-state index contributed by atoms with van der Waals surface area (Å²) in [5, 5.41) is 2.91. The molecule has 0 unspecified atom stereocenters. The van der Waals surface area contributed by atoms with Crippen LogP contribution in [0.3, 0.4) is 0 Å². The number of aryl methyl sites for hydroxylation is 1. The van der Waals surface area contributed by atoms with E-state index >= 15 is 0 Å². The van der Waals surface area contributed by atoms with Gasteiger partial charge in [0.05, 0.1) is 6.42 Å². The predicted molar refractivity (Wildman–Crippen MR) is 79.5 cm³/mol. The zero-order valence-corrected chi connectivity index (χ0v) is 12.1. The summed E-state index contributed by atoms with van der Waals surface area (Å²) in [7, 11) is 5.89. The van der Waals surface area contributed by atoms with Gasteiger partial charge in [0.2, 0.25) is 5.91 Å². The van der Waals surface area contributed by atoms with Gasteiger partial charge in [0.25, 0.3) is 0 Å². The summed E-state index contributed by atoms with van der Waals surface area (Å²) in [6, 6.07) is 8.13. The van der Waals surface area contributed by atoms with Crippen LogP contribution in [-0.2, 0) is 24.8 Å². The first-order valence-electron chi connectivity index (χ1n) is 6.55. The molecule has 1 aromatic heterocycles. The maximum atomic E-state index is 11.8. The van der Waals surface area contributed by atoms with Gasteiger partial charge in [-0.3, -0.25) is 4.79 Å². The maximum Gasteiger partial charge on any atom is 0.227 e. The Balaban J connectivity index is 1.85. The number of amides is 1. The van der Waals surface area contributed by atoms with E-state index in [1.165, 1.54) is 0 Å². The summed E-state index contributed by atoms with van der Waals surface area (Å²) in [6.07, 6.45) is 3.84. The molecule has 1 aromatic carbocycles. The van der Waals surface area contributed by atoms with Crippen LogP contribution in [0.5, 0.6) is 0 Å². The Morgan fingerprint density at radius 1 is 1.30 bits per heavy atom. The van der Waals surface area contributed by atoms with Gasteiger partial charge in [-0.25, -0.2) is 4.98 Å². The Morgan fingerprint density at radius 2 is 2.00 bits per heavy atom. The summed E-state index contributed by atoms with van der Waals surface area (Å²) in [5.74, 6) is 0.751. The lowest BCUT2D eigenvalue weighted by Gasteiger charge is -2.13. The molecule has 0 spiro atoms. The molecule has 0 radical (unpaired) electrons. The van der Waals surface area contributed by atoms with Crippen LogP contribution in [0.2, 0.25) is 0 Å². The molecule has 1 N–H and O–H groups in total. The zero-order chi connectivity index (χ0) is 14.5. The molecule has 1 amide bonds. The van der Waals surface area contributed by atoms with Crippen LogP contribution in [0.25, 0.3) is 0 Å². The Hall–Kier alpha value is -2.30. The summed E-state index contributed by atoms with van der Waals surface area (Å²) in [5.41, 5.74) is 2.23. The van der Waals surface area contributed by atoms with Gasteiger partial charge in [-0.05, 0) is 17.7 Å². The fraction of sp³-hybridized carbons (Fsp3) is 0.333. The molecule has 0 bridgehead atoms. The molecule has 2 aromatic rings. The van der Waals surface area contributed by atoms with E-state index in [2.05, 4.69) is 10.3 Å². The van der Waals surface area contributed by atoms with Crippen molar-refractivity contribution in [2.75, 3.05) is 19.0 Å². The predicted octanol–water partition coefficient (Wildman–Crippen LogP) is 1.34. The Bertz CT molecular complexity index is 572. The lowest BCUT2D eigenvalue weighted by molar-refractivity contribution is -0.120. The number of nitrogens with one attached hydrogen (secondary N) is 1. The Labute approximate surface area is 119 Å². The summed E-state index contributed by atoms with van der Waals surface area (Å²) >= 11 is 0. The highest BCUT2D eigenvalue weighted by Crippen LogP contribution is 2.11. The first-order valence-corrected chi connectivity index (χ1v) is 6.55. The summed E-state index contributed by atoms with van der Waals surface area (Å²) in [6.45, 7) is 0.539. The molecule has 1 heterocycles. The minimum absolute atomic E-state index is 0.0176. The van der Waals surface area contributed by atoms with Crippen molar-refractivity contribution in [1.29, 1.82) is 0 Å². The number of hydrogen-bond donors (Lipinski definition) is 1. The lowest BCUT2D eigenvalue weighted by Crippen LogP contribution is -2.25. The van der Waals surface area contributed by atoms with E-state index in [0.29, 0.717) is 13.0 Å². The van der Waals surface area contributed by atoms with Crippen LogP contribution < -0.4 is 10.2 Å². The topological polar surface area (TPSA) is 50.2 Å². The van der Waals surface area contributed by atoms with Gasteiger partial charge in [-0.15, -0.1) is 0 Å². The van der Waals surface area contributed by atoms with Gasteiger partial charge in [-0.2, -0.15) is 0 Å². The fourth-order valence-corrected chi connectivity index (χ4v) is 1.89. The molecule has 0 saturated carbocycles. The number of aromatic nitrogens is 2. The van der Waals surface area contributed by atoms with E-state index in [4.69, 9.17) is 0 Å². The largest absolute Gasteiger partial charge is 0.378 e. The van der Waals surface area contributed by atoms with Gasteiger partial charge in [0, 0.05) is 45.8 Å². The lowest BCUT2D eigenvalue weighted by atomic mass is 10.2. The fourth-order valence-electron chi connectivity index (χ4n) is 1.89. The van der Waals surface area contributed by atoms with Crippen LogP contribution in [0, 0.1) is 0 Å². The number of imidazole rings is 1. The average molecular weight is 272 g/mol. The molecule has 0 aliphatic carbocycles. The van der Waals surface area contributed by atoms with Crippen LogP contribution in [0.15, 0.2) is 36.7 Å². The summed E-state index contributed by atoms with van der Waals surface area (Å²) < 4.78 is 1.85. The third-order valence-corrected chi connectivity index (χ3v) is 3.18. The minimum atomic E-state index is -0.0176. The molecule has 0 saturated heterocycles. The standard InChI is InChI=1S/C15H20N4O/c1-18(2)13-6-4-12(5-7-13)11-17-15(20)10-14-16-8-9-19(14)3/h4-9H,10-11H2,1-3H3,(H,17,20). The number of anilines is 1. The monoisotopic (exact) mass is 272 g/mol. The summed E-state index contributed by atoms with van der Waals surface area (Å²) in [4.78, 5) is 18.0. The minimum Gasteiger partial charge on any atom is -0.378 e. The molecule has 0 aliphatic rings. The maximum absolute atomic E-state index is 11.8. The van der Waals surface area contributed by atoms with Crippen LogP contribution >= 0.6 is 0 Å². The molecular weight excluding hydrogens is 252 g/mol. The van der Waals surface area contributed by atoms with Crippen molar-refractivity contribution in [1.82, 2.24) is 14.9 Å². The van der Waals surface area contributed by atoms with Gasteiger partial charge >= 0.3 is 0 Å². The second-order valence-electron chi connectivity index (χ2n) is 4.97. The molecule has 0 fully saturated rings. The van der Waals surface area contributed by atoms with Gasteiger partial charge < -0.3 is 14.8 Å². The van der Waals surface area contributed by atoms with E-state index < -0.39 is 0 Å². The Morgan fingerprint density at radius 3 is 2.55 bits per heavy atom. The van der Waals surface area contributed by atoms with Crippen molar-refractivity contribution in [3.63, 3.8) is 0 Å². The molecule has 0 aliphatic heterocycles. The molecule has 106 valence electrons. The first-order chi connectivity index (χ1) is 9.56. The van der Waals surface area contributed by atoms with Crippen LogP contribution in [-0.4, -0.2) is 29.6 Å². The van der Waals surface area contributed by atoms with E-state index in [9.17, 15) is 4.79 Å². The number of benzene rings is 1. The van der Waals surface area contributed by atoms with E-state index in [0.717, 1.165) is 17.1 Å². The van der Waals surface area contributed by atoms with E-state index in [-0.39, 0.29) is 5.91 Å². The highest BCUT2D eigenvalue weighted by atomic mass is 16.1. The quantitative estimate of drug-likeness (QED) is 0.893. The normalized spacial score (nSPS) is 10.3. The van der Waals surface area contributed by atoms with E-state index in [1.807, 2.05) is 61.1 Å². The average Bonchev–Trinajstić information content (AvgIpc) is 2.82. The Kier molecular flexibility index (Phi) is 4.40. The number of nitrogens with zero attached hydrogens (tertiary/aromatic N) is 3. The van der Waals surface area contributed by atoms with Crippen molar-refractivity contribution in [3.05, 3.63) is 48.0 Å². The van der Waals surface area contributed by atoms with Crippen LogP contribution in [0.4, 0.5) is 5.69 Å². The molecule has 5 heteroatoms. The van der Waals surface area contributed by atoms with Crippen molar-refractivity contribution in [2.45, 2.75) is 13.0 Å². The molecule has 0 atom stereocenters. The van der Waals surface area contributed by atoms with Crippen LogP contribution in [0.1, 0.15) is 11.4 Å². The molecule has 5 nitrogen and oxygen atoms in total. The highest BCUT2D eigenvalue weighted by Gasteiger charge is 2.07. The molecule has 20 heavy (non-hydrogen) atoms. The van der Waals surface area contributed by atoms with Crippen molar-refractivity contribution in [3.8, 4) is 0 Å². The van der Waals surface area contributed by atoms with Crippen molar-refractivity contribution >= 4 is 11.6 Å². The molecule has 2 rings (SSSR count). The van der Waals surface area contributed by atoms with E-state index in [1.54, 1.807) is 6.20 Å². The zero-order valence-electron chi connectivity index (χ0n) is 12.1. The smallest absolute Gasteiger partial charge is 0.227 e. The van der Waals surface area contributed by atoms with Gasteiger partial charge in [0.1, 0.15) is 5.82 Å². The third kappa shape index (κ3) is 3.60. The number of carbonyl (C=O) groups is 1. The first kappa shape index (κ1) is 14.1.